The first kappa shape index (κ1) is 21.0. The molecule has 1 aromatic heterocycles. The number of para-hydroxylation sites is 2. The molecule has 1 fully saturated rings. The van der Waals surface area contributed by atoms with Gasteiger partial charge in [-0.2, -0.15) is 0 Å². The highest BCUT2D eigenvalue weighted by Crippen LogP contribution is 2.28. The highest BCUT2D eigenvalue weighted by molar-refractivity contribution is 7.15. The molecule has 160 valence electrons. The van der Waals surface area contributed by atoms with E-state index in [0.717, 1.165) is 34.8 Å². The van der Waals surface area contributed by atoms with Gasteiger partial charge in [0, 0.05) is 25.1 Å². The van der Waals surface area contributed by atoms with Crippen LogP contribution in [-0.4, -0.2) is 35.2 Å². The van der Waals surface area contributed by atoms with Crippen LogP contribution in [0.3, 0.4) is 0 Å². The fourth-order valence-electron chi connectivity index (χ4n) is 3.53. The molecule has 0 aliphatic carbocycles. The summed E-state index contributed by atoms with van der Waals surface area (Å²) in [4.78, 5) is 26.8. The van der Waals surface area contributed by atoms with E-state index in [9.17, 15) is 9.59 Å². The molecule has 8 heteroatoms. The SMILES string of the molecule is Cc1ccccc1N1CC(C(=O)Nc2nnc(CCCOc3ccccc3)s2)CC1=O. The summed E-state index contributed by atoms with van der Waals surface area (Å²) in [7, 11) is 0. The van der Waals surface area contributed by atoms with Gasteiger partial charge in [0.05, 0.1) is 12.5 Å². The third-order valence-electron chi connectivity index (χ3n) is 5.15. The van der Waals surface area contributed by atoms with Gasteiger partial charge in [0.1, 0.15) is 10.8 Å². The first-order valence-corrected chi connectivity index (χ1v) is 11.1. The molecule has 1 aliphatic rings. The fraction of sp³-hybridized carbons (Fsp3) is 0.304. The Kier molecular flexibility index (Phi) is 6.57. The maximum atomic E-state index is 12.7. The number of hydrogen-bond donors (Lipinski definition) is 1. The van der Waals surface area contributed by atoms with Crippen molar-refractivity contribution in [2.75, 3.05) is 23.4 Å². The number of carbonyl (C=O) groups excluding carboxylic acids is 2. The molecular formula is C23H24N4O3S. The van der Waals surface area contributed by atoms with E-state index in [0.29, 0.717) is 18.3 Å². The Labute approximate surface area is 185 Å². The molecule has 0 bridgehead atoms. The number of nitrogens with zero attached hydrogens (tertiary/aromatic N) is 3. The van der Waals surface area contributed by atoms with E-state index in [2.05, 4.69) is 15.5 Å². The Morgan fingerprint density at radius 1 is 1.16 bits per heavy atom. The van der Waals surface area contributed by atoms with Gasteiger partial charge in [-0.25, -0.2) is 0 Å². The first-order valence-electron chi connectivity index (χ1n) is 10.3. The second-order valence-electron chi connectivity index (χ2n) is 7.45. The molecule has 0 saturated carbocycles. The van der Waals surface area contributed by atoms with Gasteiger partial charge in [-0.1, -0.05) is 47.7 Å². The second-order valence-corrected chi connectivity index (χ2v) is 8.51. The molecule has 1 saturated heterocycles. The van der Waals surface area contributed by atoms with Crippen LogP contribution in [0.15, 0.2) is 54.6 Å². The molecule has 1 N–H and O–H groups in total. The van der Waals surface area contributed by atoms with E-state index in [-0.39, 0.29) is 18.2 Å². The Bertz CT molecular complexity index is 1050. The summed E-state index contributed by atoms with van der Waals surface area (Å²) in [5.74, 6) is 0.211. The summed E-state index contributed by atoms with van der Waals surface area (Å²) in [5.41, 5.74) is 1.88. The van der Waals surface area contributed by atoms with Crippen LogP contribution in [0.4, 0.5) is 10.8 Å². The molecule has 1 unspecified atom stereocenters. The van der Waals surface area contributed by atoms with Gasteiger partial charge in [0.15, 0.2) is 0 Å². The zero-order valence-electron chi connectivity index (χ0n) is 17.3. The molecular weight excluding hydrogens is 412 g/mol. The third-order valence-corrected chi connectivity index (χ3v) is 6.04. The highest BCUT2D eigenvalue weighted by atomic mass is 32.1. The van der Waals surface area contributed by atoms with Crippen molar-refractivity contribution >= 4 is 34.0 Å². The molecule has 2 amide bonds. The average Bonchev–Trinajstić information content (AvgIpc) is 3.39. The van der Waals surface area contributed by atoms with Crippen molar-refractivity contribution in [3.63, 3.8) is 0 Å². The third kappa shape index (κ3) is 5.27. The van der Waals surface area contributed by atoms with Crippen LogP contribution < -0.4 is 15.0 Å². The zero-order chi connectivity index (χ0) is 21.6. The minimum atomic E-state index is -0.404. The van der Waals surface area contributed by atoms with Crippen LogP contribution in [0.5, 0.6) is 5.75 Å². The van der Waals surface area contributed by atoms with Crippen molar-refractivity contribution in [2.45, 2.75) is 26.2 Å². The van der Waals surface area contributed by atoms with Crippen LogP contribution in [0.1, 0.15) is 23.4 Å². The zero-order valence-corrected chi connectivity index (χ0v) is 18.1. The van der Waals surface area contributed by atoms with Crippen molar-refractivity contribution in [2.24, 2.45) is 5.92 Å². The molecule has 7 nitrogen and oxygen atoms in total. The fourth-order valence-corrected chi connectivity index (χ4v) is 4.31. The van der Waals surface area contributed by atoms with Gasteiger partial charge in [0.2, 0.25) is 16.9 Å². The molecule has 2 aromatic carbocycles. The Morgan fingerprint density at radius 2 is 1.94 bits per heavy atom. The van der Waals surface area contributed by atoms with Crippen molar-refractivity contribution in [3.05, 3.63) is 65.2 Å². The topological polar surface area (TPSA) is 84.4 Å². The standard InChI is InChI=1S/C23H24N4O3S/c1-16-8-5-6-11-19(16)27-15-17(14-21(27)28)22(29)24-23-26-25-20(31-23)12-7-13-30-18-9-3-2-4-10-18/h2-6,8-11,17H,7,12-15H2,1H3,(H,24,26,29). The van der Waals surface area contributed by atoms with Crippen LogP contribution in [0, 0.1) is 12.8 Å². The molecule has 4 rings (SSSR count). The predicted octanol–water partition coefficient (Wildman–Crippen LogP) is 3.85. The number of aryl methyl sites for hydroxylation is 2. The number of anilines is 2. The smallest absolute Gasteiger partial charge is 0.231 e. The Hall–Kier alpha value is -3.26. The van der Waals surface area contributed by atoms with Gasteiger partial charge in [0.25, 0.3) is 0 Å². The van der Waals surface area contributed by atoms with Crippen LogP contribution in [0.25, 0.3) is 0 Å². The van der Waals surface area contributed by atoms with Gasteiger partial charge in [-0.05, 0) is 37.1 Å². The molecule has 3 aromatic rings. The normalized spacial score (nSPS) is 15.8. The molecule has 1 atom stereocenters. The lowest BCUT2D eigenvalue weighted by Gasteiger charge is -2.18. The summed E-state index contributed by atoms with van der Waals surface area (Å²) in [6, 6.07) is 17.4. The first-order chi connectivity index (χ1) is 15.1. The van der Waals surface area contributed by atoms with E-state index in [1.165, 1.54) is 11.3 Å². The highest BCUT2D eigenvalue weighted by Gasteiger charge is 2.35. The Morgan fingerprint density at radius 3 is 2.74 bits per heavy atom. The number of amides is 2. The van der Waals surface area contributed by atoms with Crippen molar-refractivity contribution in [1.82, 2.24) is 10.2 Å². The Balaban J connectivity index is 1.26. The summed E-state index contributed by atoms with van der Waals surface area (Å²) < 4.78 is 5.68. The number of hydrogen-bond acceptors (Lipinski definition) is 6. The van der Waals surface area contributed by atoms with Gasteiger partial charge >= 0.3 is 0 Å². The lowest BCUT2D eigenvalue weighted by molar-refractivity contribution is -0.122. The average molecular weight is 437 g/mol. The van der Waals surface area contributed by atoms with Crippen molar-refractivity contribution < 1.29 is 14.3 Å². The lowest BCUT2D eigenvalue weighted by Crippen LogP contribution is -2.28. The molecule has 0 radical (unpaired) electrons. The number of nitrogens with one attached hydrogen (secondary N) is 1. The van der Waals surface area contributed by atoms with Gasteiger partial charge in [-0.3, -0.25) is 9.59 Å². The number of aromatic nitrogens is 2. The maximum absolute atomic E-state index is 12.7. The van der Waals surface area contributed by atoms with Crippen LogP contribution >= 0.6 is 11.3 Å². The maximum Gasteiger partial charge on any atom is 0.231 e. The van der Waals surface area contributed by atoms with Gasteiger partial charge in [-0.15, -0.1) is 10.2 Å². The minimum absolute atomic E-state index is 0.0363. The van der Waals surface area contributed by atoms with E-state index < -0.39 is 5.92 Å². The summed E-state index contributed by atoms with van der Waals surface area (Å²) >= 11 is 1.36. The van der Waals surface area contributed by atoms with Crippen molar-refractivity contribution in [1.29, 1.82) is 0 Å². The van der Waals surface area contributed by atoms with Crippen LogP contribution in [0.2, 0.25) is 0 Å². The van der Waals surface area contributed by atoms with Crippen LogP contribution in [-0.2, 0) is 16.0 Å². The van der Waals surface area contributed by atoms with E-state index >= 15 is 0 Å². The molecule has 0 spiro atoms. The lowest BCUT2D eigenvalue weighted by atomic mass is 10.1. The number of ether oxygens (including phenoxy) is 1. The van der Waals surface area contributed by atoms with E-state index in [4.69, 9.17) is 4.74 Å². The van der Waals surface area contributed by atoms with Gasteiger partial charge < -0.3 is 15.0 Å². The predicted molar refractivity (Wildman–Crippen MR) is 120 cm³/mol. The van der Waals surface area contributed by atoms with Crippen molar-refractivity contribution in [3.8, 4) is 5.75 Å². The molecule has 1 aliphatic heterocycles. The van der Waals surface area contributed by atoms with E-state index in [1.807, 2.05) is 61.5 Å². The quantitative estimate of drug-likeness (QED) is 0.542. The number of carbonyl (C=O) groups is 2. The summed E-state index contributed by atoms with van der Waals surface area (Å²) in [5, 5.41) is 12.4. The molecule has 2 heterocycles. The molecule has 31 heavy (non-hydrogen) atoms. The minimum Gasteiger partial charge on any atom is -0.494 e. The summed E-state index contributed by atoms with van der Waals surface area (Å²) in [6.45, 7) is 2.92. The number of rotatable bonds is 8. The largest absolute Gasteiger partial charge is 0.494 e. The monoisotopic (exact) mass is 436 g/mol. The number of benzene rings is 2. The second kappa shape index (κ2) is 9.70. The summed E-state index contributed by atoms with van der Waals surface area (Å²) in [6.07, 6.45) is 1.73. The van der Waals surface area contributed by atoms with E-state index in [1.54, 1.807) is 4.90 Å².